The van der Waals surface area contributed by atoms with Gasteiger partial charge in [0, 0.05) is 19.1 Å². The van der Waals surface area contributed by atoms with Gasteiger partial charge in [0.05, 0.1) is 35.0 Å². The van der Waals surface area contributed by atoms with Crippen LogP contribution < -0.4 is 0 Å². The van der Waals surface area contributed by atoms with E-state index in [4.69, 9.17) is 21.6 Å². The van der Waals surface area contributed by atoms with Gasteiger partial charge in [0.1, 0.15) is 12.2 Å². The Labute approximate surface area is 128 Å². The predicted octanol–water partition coefficient (Wildman–Crippen LogP) is 1.69. The van der Waals surface area contributed by atoms with Crippen LogP contribution in [0.25, 0.3) is 0 Å². The van der Waals surface area contributed by atoms with Crippen molar-refractivity contribution in [2.75, 3.05) is 13.7 Å². The average molecular weight is 306 g/mol. The van der Waals surface area contributed by atoms with Crippen LogP contribution in [0.4, 0.5) is 0 Å². The number of halogens is 1. The van der Waals surface area contributed by atoms with E-state index < -0.39 is 0 Å². The van der Waals surface area contributed by atoms with Crippen molar-refractivity contribution in [3.05, 3.63) is 33.8 Å². The normalized spacial score (nSPS) is 27.5. The smallest absolute Gasteiger partial charge is 0.123 e. The molecule has 0 bridgehead atoms. The first-order valence-electron chi connectivity index (χ1n) is 6.82. The summed E-state index contributed by atoms with van der Waals surface area (Å²) in [4.78, 5) is 0. The second kappa shape index (κ2) is 5.30. The fourth-order valence-corrected chi connectivity index (χ4v) is 3.33. The second-order valence-electron chi connectivity index (χ2n) is 5.43. The SMILES string of the molecule is CO[C@@H]1C(c2ccc(C#N)c(Cl)c2C)=NN2C[C@@H](O)C[C@@H]12. The Morgan fingerprint density at radius 1 is 1.52 bits per heavy atom. The monoisotopic (exact) mass is 305 g/mol. The zero-order valence-electron chi connectivity index (χ0n) is 11.9. The van der Waals surface area contributed by atoms with Crippen LogP contribution in [0.2, 0.25) is 5.02 Å². The molecule has 5 nitrogen and oxygen atoms in total. The molecule has 1 aromatic rings. The molecule has 3 atom stereocenters. The van der Waals surface area contributed by atoms with Crippen LogP contribution in [0.5, 0.6) is 0 Å². The molecule has 1 N–H and O–H groups in total. The van der Waals surface area contributed by atoms with Crippen molar-refractivity contribution in [2.24, 2.45) is 5.10 Å². The number of methoxy groups -OCH3 is 1. The lowest BCUT2D eigenvalue weighted by molar-refractivity contribution is 0.0982. The van der Waals surface area contributed by atoms with Gasteiger partial charge in [-0.2, -0.15) is 10.4 Å². The lowest BCUT2D eigenvalue weighted by Gasteiger charge is -2.20. The van der Waals surface area contributed by atoms with Crippen molar-refractivity contribution in [1.82, 2.24) is 5.01 Å². The van der Waals surface area contributed by atoms with Crippen LogP contribution >= 0.6 is 11.6 Å². The Hall–Kier alpha value is -1.61. The molecular weight excluding hydrogens is 290 g/mol. The number of hydrogen-bond acceptors (Lipinski definition) is 5. The summed E-state index contributed by atoms with van der Waals surface area (Å²) in [6.07, 6.45) is 0.0997. The summed E-state index contributed by atoms with van der Waals surface area (Å²) in [5.74, 6) is 0. The third-order valence-electron chi connectivity index (χ3n) is 4.19. The minimum atomic E-state index is -0.358. The summed E-state index contributed by atoms with van der Waals surface area (Å²) in [5, 5.41) is 25.7. The number of aliphatic hydroxyl groups is 1. The molecule has 3 rings (SSSR count). The molecule has 1 fully saturated rings. The van der Waals surface area contributed by atoms with Gasteiger partial charge in [0.2, 0.25) is 0 Å². The Kier molecular flexibility index (Phi) is 3.62. The second-order valence-corrected chi connectivity index (χ2v) is 5.81. The molecule has 0 unspecified atom stereocenters. The van der Waals surface area contributed by atoms with Gasteiger partial charge in [-0.25, -0.2) is 0 Å². The number of nitrogens with zero attached hydrogens (tertiary/aromatic N) is 3. The maximum absolute atomic E-state index is 9.75. The number of hydrogen-bond donors (Lipinski definition) is 1. The van der Waals surface area contributed by atoms with E-state index in [0.29, 0.717) is 23.6 Å². The van der Waals surface area contributed by atoms with Crippen LogP contribution in [0.15, 0.2) is 17.2 Å². The Bertz CT molecular complexity index is 653. The fraction of sp³-hybridized carbons (Fsp3) is 0.467. The minimum absolute atomic E-state index is 0.0637. The maximum atomic E-state index is 9.75. The van der Waals surface area contributed by atoms with E-state index in [1.807, 2.05) is 18.0 Å². The lowest BCUT2D eigenvalue weighted by atomic mass is 9.95. The van der Waals surface area contributed by atoms with Crippen molar-refractivity contribution in [3.63, 3.8) is 0 Å². The Morgan fingerprint density at radius 2 is 2.29 bits per heavy atom. The number of fused-ring (bicyclic) bond motifs is 1. The molecule has 1 saturated heterocycles. The van der Waals surface area contributed by atoms with Crippen LogP contribution in [-0.4, -0.2) is 47.7 Å². The molecule has 0 amide bonds. The standard InChI is InChI=1S/C15H16ClN3O2/c1-8-11(4-3-9(6-17)13(8)16)14-15(21-2)12-5-10(20)7-19(12)18-14/h3-4,10,12,15,20H,5,7H2,1-2H3/t10-,12-,15-/m0/s1. The van der Waals surface area contributed by atoms with Crippen LogP contribution in [-0.2, 0) is 4.74 Å². The minimum Gasteiger partial charge on any atom is -0.391 e. The number of nitriles is 1. The van der Waals surface area contributed by atoms with E-state index >= 15 is 0 Å². The number of benzene rings is 1. The molecule has 2 heterocycles. The predicted molar refractivity (Wildman–Crippen MR) is 79.4 cm³/mol. The molecule has 2 aliphatic heterocycles. The van der Waals surface area contributed by atoms with Gasteiger partial charge in [0.25, 0.3) is 0 Å². The summed E-state index contributed by atoms with van der Waals surface area (Å²) in [6, 6.07) is 5.71. The van der Waals surface area contributed by atoms with Crippen molar-refractivity contribution in [2.45, 2.75) is 31.6 Å². The summed E-state index contributed by atoms with van der Waals surface area (Å²) < 4.78 is 5.60. The van der Waals surface area contributed by atoms with Gasteiger partial charge < -0.3 is 9.84 Å². The van der Waals surface area contributed by atoms with Crippen LogP contribution in [0.3, 0.4) is 0 Å². The third-order valence-corrected chi connectivity index (χ3v) is 4.67. The Morgan fingerprint density at radius 3 is 2.95 bits per heavy atom. The maximum Gasteiger partial charge on any atom is 0.123 e. The van der Waals surface area contributed by atoms with E-state index in [0.717, 1.165) is 16.8 Å². The van der Waals surface area contributed by atoms with Crippen LogP contribution in [0.1, 0.15) is 23.1 Å². The zero-order chi connectivity index (χ0) is 15.1. The van der Waals surface area contributed by atoms with Crippen molar-refractivity contribution >= 4 is 17.3 Å². The van der Waals surface area contributed by atoms with Gasteiger partial charge >= 0.3 is 0 Å². The first-order chi connectivity index (χ1) is 10.1. The molecule has 0 spiro atoms. The molecule has 0 saturated carbocycles. The van der Waals surface area contributed by atoms with E-state index in [-0.39, 0.29) is 18.2 Å². The van der Waals surface area contributed by atoms with Gasteiger partial charge in [-0.1, -0.05) is 17.7 Å². The molecule has 21 heavy (non-hydrogen) atoms. The van der Waals surface area contributed by atoms with Crippen molar-refractivity contribution in [1.29, 1.82) is 5.26 Å². The highest BCUT2D eigenvalue weighted by molar-refractivity contribution is 6.33. The molecule has 110 valence electrons. The Balaban J connectivity index is 2.03. The first kappa shape index (κ1) is 14.3. The molecule has 6 heteroatoms. The summed E-state index contributed by atoms with van der Waals surface area (Å²) in [6.45, 7) is 2.41. The van der Waals surface area contributed by atoms with E-state index in [9.17, 15) is 5.11 Å². The molecule has 0 aliphatic carbocycles. The summed E-state index contributed by atoms with van der Waals surface area (Å²) >= 11 is 6.24. The third kappa shape index (κ3) is 2.20. The highest BCUT2D eigenvalue weighted by Crippen LogP contribution is 2.33. The molecule has 2 aliphatic rings. The van der Waals surface area contributed by atoms with E-state index in [2.05, 4.69) is 11.2 Å². The molecular formula is C15H16ClN3O2. The summed E-state index contributed by atoms with van der Waals surface area (Å²) in [5.41, 5.74) is 3.01. The summed E-state index contributed by atoms with van der Waals surface area (Å²) in [7, 11) is 1.65. The quantitative estimate of drug-likeness (QED) is 0.903. The lowest BCUT2D eigenvalue weighted by Crippen LogP contribution is -2.35. The highest BCUT2D eigenvalue weighted by atomic mass is 35.5. The topological polar surface area (TPSA) is 68.8 Å². The molecule has 0 aromatic heterocycles. The van der Waals surface area contributed by atoms with Crippen LogP contribution in [0, 0.1) is 18.3 Å². The molecule has 1 aromatic carbocycles. The van der Waals surface area contributed by atoms with E-state index in [1.54, 1.807) is 13.2 Å². The van der Waals surface area contributed by atoms with Gasteiger partial charge in [-0.15, -0.1) is 0 Å². The van der Waals surface area contributed by atoms with Crippen molar-refractivity contribution < 1.29 is 9.84 Å². The van der Waals surface area contributed by atoms with E-state index in [1.165, 1.54) is 0 Å². The average Bonchev–Trinajstić information content (AvgIpc) is 2.97. The van der Waals surface area contributed by atoms with Gasteiger partial charge in [-0.05, 0) is 18.6 Å². The van der Waals surface area contributed by atoms with Crippen molar-refractivity contribution in [3.8, 4) is 6.07 Å². The largest absolute Gasteiger partial charge is 0.391 e. The molecule has 0 radical (unpaired) electrons. The zero-order valence-corrected chi connectivity index (χ0v) is 12.6. The number of rotatable bonds is 2. The first-order valence-corrected chi connectivity index (χ1v) is 7.20. The highest BCUT2D eigenvalue weighted by Gasteiger charge is 2.44. The fourth-order valence-electron chi connectivity index (χ4n) is 3.12. The number of aliphatic hydroxyl groups excluding tert-OH is 1. The number of ether oxygens (including phenoxy) is 1. The van der Waals surface area contributed by atoms with Gasteiger partial charge in [-0.3, -0.25) is 5.01 Å². The van der Waals surface area contributed by atoms with Gasteiger partial charge in [0.15, 0.2) is 0 Å². The number of hydrazone groups is 1.